The Labute approximate surface area is 110 Å². The number of hydrogen-bond acceptors (Lipinski definition) is 3. The van der Waals surface area contributed by atoms with Crippen LogP contribution in [0.25, 0.3) is 0 Å². The fraction of sp³-hybridized carbons (Fsp3) is 0.364. The molecule has 0 heterocycles. The molecule has 0 fully saturated rings. The molecule has 1 rings (SSSR count). The molecule has 98 valence electrons. The highest BCUT2D eigenvalue weighted by Crippen LogP contribution is 2.31. The summed E-state index contributed by atoms with van der Waals surface area (Å²) >= 11 is 3.12. The van der Waals surface area contributed by atoms with Gasteiger partial charge in [-0.1, -0.05) is 15.9 Å². The van der Waals surface area contributed by atoms with Gasteiger partial charge in [0.2, 0.25) is 0 Å². The standard InChI is InChI=1S/C11H9BrF3NO2/c1-10(17,11(13,14)15)6-18-9-3-2-8(12)4-7(9)5-16/h2-4,17H,6H2,1H3. The number of rotatable bonds is 3. The Morgan fingerprint density at radius 3 is 2.56 bits per heavy atom. The number of alkyl halides is 3. The van der Waals surface area contributed by atoms with E-state index in [4.69, 9.17) is 10.00 Å². The average molecular weight is 324 g/mol. The first-order valence-corrected chi connectivity index (χ1v) is 5.58. The smallest absolute Gasteiger partial charge is 0.420 e. The van der Waals surface area contributed by atoms with Crippen LogP contribution in [0.1, 0.15) is 12.5 Å². The summed E-state index contributed by atoms with van der Waals surface area (Å²) in [5.74, 6) is -0.00905. The summed E-state index contributed by atoms with van der Waals surface area (Å²) < 4.78 is 42.6. The quantitative estimate of drug-likeness (QED) is 0.930. The van der Waals surface area contributed by atoms with Crippen LogP contribution in [0.4, 0.5) is 13.2 Å². The zero-order valence-electron chi connectivity index (χ0n) is 9.25. The van der Waals surface area contributed by atoms with Crippen molar-refractivity contribution >= 4 is 15.9 Å². The molecule has 0 bridgehead atoms. The van der Waals surface area contributed by atoms with Crippen LogP contribution in [0.2, 0.25) is 0 Å². The van der Waals surface area contributed by atoms with E-state index in [0.29, 0.717) is 11.4 Å². The summed E-state index contributed by atoms with van der Waals surface area (Å²) in [5, 5.41) is 18.0. The molecule has 1 unspecified atom stereocenters. The van der Waals surface area contributed by atoms with Gasteiger partial charge in [-0.2, -0.15) is 18.4 Å². The van der Waals surface area contributed by atoms with Crippen molar-refractivity contribution in [2.75, 3.05) is 6.61 Å². The van der Waals surface area contributed by atoms with E-state index in [1.165, 1.54) is 18.2 Å². The van der Waals surface area contributed by atoms with Gasteiger partial charge in [0.05, 0.1) is 5.56 Å². The van der Waals surface area contributed by atoms with Gasteiger partial charge in [-0.05, 0) is 25.1 Å². The van der Waals surface area contributed by atoms with E-state index in [1.807, 2.05) is 0 Å². The lowest BCUT2D eigenvalue weighted by molar-refractivity contribution is -0.260. The third kappa shape index (κ3) is 3.37. The first kappa shape index (κ1) is 14.8. The predicted molar refractivity (Wildman–Crippen MR) is 61.0 cm³/mol. The molecular formula is C11H9BrF3NO2. The third-order valence-corrected chi connectivity index (χ3v) is 2.67. The van der Waals surface area contributed by atoms with Crippen LogP contribution >= 0.6 is 15.9 Å². The second-order valence-corrected chi connectivity index (χ2v) is 4.73. The molecular weight excluding hydrogens is 315 g/mol. The summed E-state index contributed by atoms with van der Waals surface area (Å²) in [6.07, 6.45) is -4.80. The van der Waals surface area contributed by atoms with E-state index in [9.17, 15) is 18.3 Å². The number of benzene rings is 1. The molecule has 0 aliphatic rings. The highest BCUT2D eigenvalue weighted by Gasteiger charge is 2.50. The molecule has 1 aromatic carbocycles. The minimum atomic E-state index is -4.80. The van der Waals surface area contributed by atoms with Crippen LogP contribution in [0.3, 0.4) is 0 Å². The van der Waals surface area contributed by atoms with Gasteiger partial charge in [0, 0.05) is 4.47 Å². The number of ether oxygens (including phenoxy) is 1. The molecule has 3 nitrogen and oxygen atoms in total. The lowest BCUT2D eigenvalue weighted by atomic mass is 10.1. The van der Waals surface area contributed by atoms with Crippen LogP contribution in [0.5, 0.6) is 5.75 Å². The summed E-state index contributed by atoms with van der Waals surface area (Å²) in [6, 6.07) is 6.09. The number of hydrogen-bond donors (Lipinski definition) is 1. The van der Waals surface area contributed by atoms with Gasteiger partial charge in [-0.15, -0.1) is 0 Å². The Morgan fingerprint density at radius 2 is 2.06 bits per heavy atom. The zero-order valence-corrected chi connectivity index (χ0v) is 10.8. The monoisotopic (exact) mass is 323 g/mol. The Hall–Kier alpha value is -1.26. The van der Waals surface area contributed by atoms with Crippen molar-refractivity contribution in [3.05, 3.63) is 28.2 Å². The first-order chi connectivity index (χ1) is 8.17. The topological polar surface area (TPSA) is 53.2 Å². The molecule has 0 aliphatic heterocycles. The molecule has 0 aromatic heterocycles. The van der Waals surface area contributed by atoms with Crippen molar-refractivity contribution in [1.29, 1.82) is 5.26 Å². The van der Waals surface area contributed by atoms with E-state index in [1.54, 1.807) is 6.07 Å². The second-order valence-electron chi connectivity index (χ2n) is 3.81. The predicted octanol–water partition coefficient (Wildman–Crippen LogP) is 3.01. The van der Waals surface area contributed by atoms with E-state index in [-0.39, 0.29) is 11.3 Å². The molecule has 7 heteroatoms. The van der Waals surface area contributed by atoms with Gasteiger partial charge in [0.25, 0.3) is 0 Å². The average Bonchev–Trinajstić information content (AvgIpc) is 2.25. The van der Waals surface area contributed by atoms with Gasteiger partial charge < -0.3 is 9.84 Å². The first-order valence-electron chi connectivity index (χ1n) is 4.79. The van der Waals surface area contributed by atoms with Crippen LogP contribution in [-0.4, -0.2) is 23.5 Å². The highest BCUT2D eigenvalue weighted by molar-refractivity contribution is 9.10. The van der Waals surface area contributed by atoms with Gasteiger partial charge in [-0.3, -0.25) is 0 Å². The van der Waals surface area contributed by atoms with E-state index in [2.05, 4.69) is 15.9 Å². The molecule has 18 heavy (non-hydrogen) atoms. The van der Waals surface area contributed by atoms with Gasteiger partial charge in [0.1, 0.15) is 18.4 Å². The van der Waals surface area contributed by atoms with Gasteiger partial charge in [0.15, 0.2) is 5.60 Å². The lowest BCUT2D eigenvalue weighted by Gasteiger charge is -2.26. The molecule has 1 atom stereocenters. The normalized spacial score (nSPS) is 14.7. The fourth-order valence-corrected chi connectivity index (χ4v) is 1.38. The third-order valence-electron chi connectivity index (χ3n) is 2.18. The lowest BCUT2D eigenvalue weighted by Crippen LogP contribution is -2.47. The molecule has 0 amide bonds. The minimum Gasteiger partial charge on any atom is -0.489 e. The molecule has 1 N–H and O–H groups in total. The largest absolute Gasteiger partial charge is 0.489 e. The van der Waals surface area contributed by atoms with Crippen molar-refractivity contribution in [1.82, 2.24) is 0 Å². The summed E-state index contributed by atoms with van der Waals surface area (Å²) in [7, 11) is 0. The molecule has 0 saturated heterocycles. The maximum absolute atomic E-state index is 12.4. The van der Waals surface area contributed by atoms with Crippen molar-refractivity contribution in [3.8, 4) is 11.8 Å². The fourth-order valence-electron chi connectivity index (χ4n) is 1.02. The zero-order chi connectivity index (χ0) is 14.0. The number of aliphatic hydroxyl groups is 1. The maximum atomic E-state index is 12.4. The second kappa shape index (κ2) is 5.16. The molecule has 0 saturated carbocycles. The SMILES string of the molecule is CC(O)(COc1ccc(Br)cc1C#N)C(F)(F)F. The van der Waals surface area contributed by atoms with Crippen molar-refractivity contribution in [3.63, 3.8) is 0 Å². The van der Waals surface area contributed by atoms with Crippen molar-refractivity contribution in [2.45, 2.75) is 18.7 Å². The minimum absolute atomic E-state index is 0.00905. The van der Waals surface area contributed by atoms with E-state index in [0.717, 1.165) is 0 Å². The van der Waals surface area contributed by atoms with Crippen molar-refractivity contribution < 1.29 is 23.0 Å². The number of nitrogens with zero attached hydrogens (tertiary/aromatic N) is 1. The van der Waals surface area contributed by atoms with Crippen LogP contribution in [0.15, 0.2) is 22.7 Å². The molecule has 1 aromatic rings. The Balaban J connectivity index is 2.85. The van der Waals surface area contributed by atoms with E-state index < -0.39 is 18.4 Å². The van der Waals surface area contributed by atoms with Crippen molar-refractivity contribution in [2.24, 2.45) is 0 Å². The highest BCUT2D eigenvalue weighted by atomic mass is 79.9. The Bertz CT molecular complexity index is 480. The van der Waals surface area contributed by atoms with Crippen LogP contribution < -0.4 is 4.74 Å². The molecule has 0 aliphatic carbocycles. The Kier molecular flexibility index (Phi) is 4.24. The summed E-state index contributed by atoms with van der Waals surface area (Å²) in [6.45, 7) is -0.370. The van der Waals surface area contributed by atoms with Crippen LogP contribution in [0, 0.1) is 11.3 Å². The Morgan fingerprint density at radius 1 is 1.44 bits per heavy atom. The summed E-state index contributed by atoms with van der Waals surface area (Å²) in [5.41, 5.74) is -2.88. The molecule has 0 radical (unpaired) electrons. The summed E-state index contributed by atoms with van der Waals surface area (Å²) in [4.78, 5) is 0. The van der Waals surface area contributed by atoms with Gasteiger partial charge >= 0.3 is 6.18 Å². The number of nitriles is 1. The van der Waals surface area contributed by atoms with Gasteiger partial charge in [-0.25, -0.2) is 0 Å². The number of halogens is 4. The maximum Gasteiger partial charge on any atom is 0.420 e. The molecule has 0 spiro atoms. The van der Waals surface area contributed by atoms with Crippen LogP contribution in [-0.2, 0) is 0 Å². The van der Waals surface area contributed by atoms with E-state index >= 15 is 0 Å².